The Balaban J connectivity index is 1.73. The van der Waals surface area contributed by atoms with E-state index in [4.69, 9.17) is 9.15 Å². The van der Waals surface area contributed by atoms with Crippen LogP contribution in [0.1, 0.15) is 6.92 Å². The highest BCUT2D eigenvalue weighted by Gasteiger charge is 2.23. The van der Waals surface area contributed by atoms with Gasteiger partial charge in [-0.25, -0.2) is 4.79 Å². The molecule has 0 radical (unpaired) electrons. The smallest absolute Gasteiger partial charge is 0.387 e. The maximum Gasteiger partial charge on any atom is 0.437 e. The third-order valence-corrected chi connectivity index (χ3v) is 4.07. The molecular weight excluding hydrogens is 294 g/mol. The average molecular weight is 309 g/mol. The number of amides is 1. The molecule has 0 saturated carbocycles. The van der Waals surface area contributed by atoms with Crippen LogP contribution in [0.2, 0.25) is 0 Å². The second-order valence-corrected chi connectivity index (χ2v) is 5.78. The van der Waals surface area contributed by atoms with Crippen LogP contribution in [0.25, 0.3) is 10.8 Å². The zero-order valence-corrected chi connectivity index (χ0v) is 12.3. The molecule has 8 heteroatoms. The van der Waals surface area contributed by atoms with Gasteiger partial charge in [0.15, 0.2) is 0 Å². The molecule has 0 aliphatic carbocycles. The Bertz CT molecular complexity index is 676. The van der Waals surface area contributed by atoms with Crippen molar-refractivity contribution in [2.75, 3.05) is 19.7 Å². The summed E-state index contributed by atoms with van der Waals surface area (Å²) in [5.41, 5.74) is 0. The summed E-state index contributed by atoms with van der Waals surface area (Å²) in [4.78, 5) is 26.4. The number of thiophene rings is 1. The fourth-order valence-electron chi connectivity index (χ4n) is 2.18. The van der Waals surface area contributed by atoms with Crippen LogP contribution in [-0.4, -0.2) is 46.4 Å². The summed E-state index contributed by atoms with van der Waals surface area (Å²) in [6.07, 6.45) is 0.0124. The largest absolute Gasteiger partial charge is 0.437 e. The maximum absolute atomic E-state index is 12.2. The molecule has 1 atom stereocenters. The van der Waals surface area contributed by atoms with Gasteiger partial charge in [-0.1, -0.05) is 6.07 Å². The van der Waals surface area contributed by atoms with E-state index in [2.05, 4.69) is 5.10 Å². The number of rotatable bonds is 3. The number of hydrogen-bond acceptors (Lipinski definition) is 6. The molecule has 1 fully saturated rings. The van der Waals surface area contributed by atoms with Crippen molar-refractivity contribution in [1.29, 1.82) is 0 Å². The molecule has 3 heterocycles. The second-order valence-electron chi connectivity index (χ2n) is 4.83. The van der Waals surface area contributed by atoms with Crippen LogP contribution in [0.4, 0.5) is 0 Å². The highest BCUT2D eigenvalue weighted by Crippen LogP contribution is 2.21. The molecule has 1 aliphatic heterocycles. The SMILES string of the molecule is C[C@@H]1CN(C(=O)Cn2nc(-c3cccs3)oc2=O)CCO1. The van der Waals surface area contributed by atoms with Gasteiger partial charge in [0.25, 0.3) is 5.89 Å². The first kappa shape index (κ1) is 14.0. The molecule has 7 nitrogen and oxygen atoms in total. The van der Waals surface area contributed by atoms with Gasteiger partial charge in [-0.15, -0.1) is 16.4 Å². The lowest BCUT2D eigenvalue weighted by atomic mass is 10.3. The molecule has 1 saturated heterocycles. The zero-order valence-electron chi connectivity index (χ0n) is 11.5. The van der Waals surface area contributed by atoms with E-state index in [0.717, 1.165) is 9.56 Å². The Morgan fingerprint density at radius 1 is 1.57 bits per heavy atom. The van der Waals surface area contributed by atoms with Crippen LogP contribution in [-0.2, 0) is 16.1 Å². The predicted octanol–water partition coefficient (Wildman–Crippen LogP) is 0.812. The molecule has 1 amide bonds. The molecule has 0 unspecified atom stereocenters. The molecule has 1 aliphatic rings. The van der Waals surface area contributed by atoms with Gasteiger partial charge in [-0.05, 0) is 18.4 Å². The summed E-state index contributed by atoms with van der Waals surface area (Å²) in [5.74, 6) is -0.524. The van der Waals surface area contributed by atoms with E-state index in [1.807, 2.05) is 24.4 Å². The Labute approximate surface area is 124 Å². The third kappa shape index (κ3) is 3.06. The fraction of sp³-hybridized carbons (Fsp3) is 0.462. The van der Waals surface area contributed by atoms with Gasteiger partial charge < -0.3 is 14.1 Å². The minimum atomic E-state index is -0.618. The molecule has 0 spiro atoms. The molecule has 0 aromatic carbocycles. The molecule has 3 rings (SSSR count). The summed E-state index contributed by atoms with van der Waals surface area (Å²) in [6.45, 7) is 3.38. The van der Waals surface area contributed by atoms with Gasteiger partial charge in [0.2, 0.25) is 5.91 Å². The van der Waals surface area contributed by atoms with Gasteiger partial charge in [0.05, 0.1) is 17.6 Å². The monoisotopic (exact) mass is 309 g/mol. The number of nitrogens with zero attached hydrogens (tertiary/aromatic N) is 3. The van der Waals surface area contributed by atoms with Crippen LogP contribution < -0.4 is 5.76 Å². The molecular formula is C13H15N3O4S. The lowest BCUT2D eigenvalue weighted by Crippen LogP contribution is -2.46. The Morgan fingerprint density at radius 3 is 3.14 bits per heavy atom. The van der Waals surface area contributed by atoms with E-state index < -0.39 is 5.76 Å². The first-order chi connectivity index (χ1) is 10.1. The summed E-state index contributed by atoms with van der Waals surface area (Å²) in [5, 5.41) is 5.94. The normalized spacial score (nSPS) is 18.9. The Kier molecular flexibility index (Phi) is 3.89. The highest BCUT2D eigenvalue weighted by atomic mass is 32.1. The molecule has 0 N–H and O–H groups in total. The van der Waals surface area contributed by atoms with Crippen molar-refractivity contribution < 1.29 is 13.9 Å². The van der Waals surface area contributed by atoms with E-state index in [1.54, 1.807) is 4.90 Å². The Morgan fingerprint density at radius 2 is 2.43 bits per heavy atom. The number of carbonyl (C=O) groups is 1. The van der Waals surface area contributed by atoms with E-state index in [1.165, 1.54) is 11.3 Å². The summed E-state index contributed by atoms with van der Waals surface area (Å²) >= 11 is 1.42. The average Bonchev–Trinajstić information content (AvgIpc) is 3.09. The van der Waals surface area contributed by atoms with Gasteiger partial charge in [-0.2, -0.15) is 4.68 Å². The molecule has 112 valence electrons. The highest BCUT2D eigenvalue weighted by molar-refractivity contribution is 7.13. The van der Waals surface area contributed by atoms with Crippen molar-refractivity contribution in [3.63, 3.8) is 0 Å². The second kappa shape index (κ2) is 5.82. The maximum atomic E-state index is 12.2. The van der Waals surface area contributed by atoms with Gasteiger partial charge in [0.1, 0.15) is 6.54 Å². The van der Waals surface area contributed by atoms with Gasteiger partial charge in [0, 0.05) is 13.1 Å². The number of ether oxygens (including phenoxy) is 1. The molecule has 21 heavy (non-hydrogen) atoms. The summed E-state index contributed by atoms with van der Waals surface area (Å²) in [7, 11) is 0. The number of carbonyl (C=O) groups excluding carboxylic acids is 1. The third-order valence-electron chi connectivity index (χ3n) is 3.22. The molecule has 0 bridgehead atoms. The van der Waals surface area contributed by atoms with E-state index in [-0.39, 0.29) is 24.4 Å². The van der Waals surface area contributed by atoms with Crippen molar-refractivity contribution in [3.05, 3.63) is 28.1 Å². The molecule has 2 aromatic heterocycles. The van der Waals surface area contributed by atoms with Crippen molar-refractivity contribution in [2.24, 2.45) is 0 Å². The van der Waals surface area contributed by atoms with Gasteiger partial charge >= 0.3 is 5.76 Å². The number of hydrogen-bond donors (Lipinski definition) is 0. The fourth-order valence-corrected chi connectivity index (χ4v) is 2.82. The van der Waals surface area contributed by atoms with Crippen molar-refractivity contribution in [2.45, 2.75) is 19.6 Å². The van der Waals surface area contributed by atoms with Crippen molar-refractivity contribution >= 4 is 17.2 Å². The standard InChI is InChI=1S/C13H15N3O4S/c1-9-7-15(4-5-19-9)11(17)8-16-13(18)20-12(14-16)10-3-2-6-21-10/h2-3,6,9H,4-5,7-8H2,1H3/t9-/m1/s1. The first-order valence-corrected chi connectivity index (χ1v) is 7.52. The van der Waals surface area contributed by atoms with Crippen LogP contribution in [0.3, 0.4) is 0 Å². The van der Waals surface area contributed by atoms with Crippen LogP contribution >= 0.6 is 11.3 Å². The van der Waals surface area contributed by atoms with Crippen molar-refractivity contribution in [1.82, 2.24) is 14.7 Å². The molecule has 2 aromatic rings. The van der Waals surface area contributed by atoms with E-state index >= 15 is 0 Å². The Hall–Kier alpha value is -1.93. The van der Waals surface area contributed by atoms with Crippen LogP contribution in [0.5, 0.6) is 0 Å². The predicted molar refractivity (Wildman–Crippen MR) is 76.1 cm³/mol. The minimum absolute atomic E-state index is 0.0124. The first-order valence-electron chi connectivity index (χ1n) is 6.64. The minimum Gasteiger partial charge on any atom is -0.387 e. The van der Waals surface area contributed by atoms with Crippen LogP contribution in [0, 0.1) is 0 Å². The van der Waals surface area contributed by atoms with Crippen molar-refractivity contribution in [3.8, 4) is 10.8 Å². The quantitative estimate of drug-likeness (QED) is 0.838. The number of aromatic nitrogens is 2. The van der Waals surface area contributed by atoms with Gasteiger partial charge in [-0.3, -0.25) is 4.79 Å². The summed E-state index contributed by atoms with van der Waals surface area (Å²) in [6, 6.07) is 3.66. The number of morpholine rings is 1. The van der Waals surface area contributed by atoms with E-state index in [0.29, 0.717) is 19.7 Å². The topological polar surface area (TPSA) is 77.6 Å². The lowest BCUT2D eigenvalue weighted by molar-refractivity contribution is -0.139. The lowest BCUT2D eigenvalue weighted by Gasteiger charge is -2.30. The summed E-state index contributed by atoms with van der Waals surface area (Å²) < 4.78 is 11.5. The van der Waals surface area contributed by atoms with E-state index in [9.17, 15) is 9.59 Å². The zero-order chi connectivity index (χ0) is 14.8. The van der Waals surface area contributed by atoms with Crippen LogP contribution in [0.15, 0.2) is 26.7 Å².